The molecule has 8 aromatic rings. The van der Waals surface area contributed by atoms with E-state index in [1.165, 1.54) is 0 Å². The SMILES string of the molecule is O=Cc1ccc(-c2cnc(Nc3ccccc3)c3c(=O)[nH]ccc23)o1.O=c1[nH]ccc2c(-c3cccnc3)cnc(Nc3ccccc3)c12. The molecule has 0 unspecified atom stereocenters. The summed E-state index contributed by atoms with van der Waals surface area (Å²) in [5.41, 5.74) is 3.72. The number of carbonyl (C=O) groups is 1. The predicted molar refractivity (Wildman–Crippen MR) is 190 cm³/mol. The Balaban J connectivity index is 0.000000154. The molecule has 0 aliphatic carbocycles. The van der Waals surface area contributed by atoms with Crippen LogP contribution in [-0.4, -0.2) is 31.2 Å². The van der Waals surface area contributed by atoms with E-state index in [0.29, 0.717) is 45.4 Å². The molecule has 0 saturated carbocycles. The van der Waals surface area contributed by atoms with Crippen LogP contribution in [0.4, 0.5) is 23.0 Å². The van der Waals surface area contributed by atoms with Gasteiger partial charge in [-0.2, -0.15) is 0 Å². The number of anilines is 4. The number of rotatable bonds is 7. The maximum atomic E-state index is 12.4. The number of carbonyl (C=O) groups excluding carboxylic acids is 1. The fraction of sp³-hybridized carbons (Fsp3) is 0. The Kier molecular flexibility index (Phi) is 8.52. The highest BCUT2D eigenvalue weighted by Crippen LogP contribution is 2.32. The fourth-order valence-electron chi connectivity index (χ4n) is 5.42. The number of furan rings is 1. The number of aromatic nitrogens is 5. The molecule has 0 aliphatic rings. The van der Waals surface area contributed by atoms with E-state index >= 15 is 0 Å². The minimum absolute atomic E-state index is 0.177. The molecule has 0 amide bonds. The van der Waals surface area contributed by atoms with Crippen molar-refractivity contribution in [2.45, 2.75) is 0 Å². The Labute approximate surface area is 278 Å². The number of H-pyrrole nitrogens is 2. The number of aldehydes is 1. The molecule has 8 rings (SSSR count). The van der Waals surface area contributed by atoms with Crippen molar-refractivity contribution < 1.29 is 9.21 Å². The molecule has 0 spiro atoms. The summed E-state index contributed by atoms with van der Waals surface area (Å²) in [5, 5.41) is 8.86. The summed E-state index contributed by atoms with van der Waals surface area (Å²) >= 11 is 0. The second-order valence-electron chi connectivity index (χ2n) is 10.8. The van der Waals surface area contributed by atoms with Gasteiger partial charge in [-0.25, -0.2) is 9.97 Å². The van der Waals surface area contributed by atoms with Gasteiger partial charge in [0.15, 0.2) is 12.0 Å². The minimum atomic E-state index is -0.257. The summed E-state index contributed by atoms with van der Waals surface area (Å²) < 4.78 is 5.48. The van der Waals surface area contributed by atoms with Crippen molar-refractivity contribution >= 4 is 50.8 Å². The van der Waals surface area contributed by atoms with Gasteiger partial charge in [-0.15, -0.1) is 0 Å². The third-order valence-electron chi connectivity index (χ3n) is 7.68. The molecule has 0 saturated heterocycles. The number of hydrogen-bond acceptors (Lipinski definition) is 9. The van der Waals surface area contributed by atoms with E-state index in [4.69, 9.17) is 4.42 Å². The zero-order chi connectivity index (χ0) is 33.6. The van der Waals surface area contributed by atoms with Crippen LogP contribution in [0.2, 0.25) is 0 Å². The van der Waals surface area contributed by atoms with Crippen LogP contribution in [-0.2, 0) is 0 Å². The van der Waals surface area contributed by atoms with Gasteiger partial charge in [-0.05, 0) is 54.6 Å². The van der Waals surface area contributed by atoms with Crippen LogP contribution in [0.15, 0.2) is 148 Å². The van der Waals surface area contributed by atoms with Gasteiger partial charge >= 0.3 is 0 Å². The number of hydrogen-bond donors (Lipinski definition) is 4. The van der Waals surface area contributed by atoms with E-state index in [2.05, 4.69) is 35.6 Å². The number of fused-ring (bicyclic) bond motifs is 2. The second-order valence-corrected chi connectivity index (χ2v) is 10.8. The van der Waals surface area contributed by atoms with E-state index in [9.17, 15) is 14.4 Å². The summed E-state index contributed by atoms with van der Waals surface area (Å²) in [5.74, 6) is 1.69. The lowest BCUT2D eigenvalue weighted by molar-refractivity contribution is 0.110. The van der Waals surface area contributed by atoms with E-state index in [-0.39, 0.29) is 16.9 Å². The molecular weight excluding hydrogens is 618 g/mol. The third kappa shape index (κ3) is 6.44. The van der Waals surface area contributed by atoms with Gasteiger partial charge in [0.2, 0.25) is 0 Å². The first-order chi connectivity index (χ1) is 24.1. The third-order valence-corrected chi connectivity index (χ3v) is 7.68. The van der Waals surface area contributed by atoms with Crippen LogP contribution in [0.1, 0.15) is 10.6 Å². The molecule has 11 heteroatoms. The van der Waals surface area contributed by atoms with Crippen molar-refractivity contribution in [2.75, 3.05) is 10.6 Å². The van der Waals surface area contributed by atoms with E-state index < -0.39 is 0 Å². The van der Waals surface area contributed by atoms with Gasteiger partial charge in [0.05, 0.1) is 10.8 Å². The molecule has 2 aromatic carbocycles. The number of aromatic amines is 2. The van der Waals surface area contributed by atoms with Crippen LogP contribution >= 0.6 is 0 Å². The molecule has 49 heavy (non-hydrogen) atoms. The molecule has 4 N–H and O–H groups in total. The van der Waals surface area contributed by atoms with Gasteiger partial charge < -0.3 is 25.0 Å². The van der Waals surface area contributed by atoms with Crippen LogP contribution in [0.25, 0.3) is 44.0 Å². The average molecular weight is 646 g/mol. The van der Waals surface area contributed by atoms with Crippen molar-refractivity contribution in [1.29, 1.82) is 0 Å². The maximum Gasteiger partial charge on any atom is 0.259 e. The fourth-order valence-corrected chi connectivity index (χ4v) is 5.42. The summed E-state index contributed by atoms with van der Waals surface area (Å²) in [6.07, 6.45) is 10.7. The maximum absolute atomic E-state index is 12.4. The number of nitrogens with zero attached hydrogens (tertiary/aromatic N) is 3. The lowest BCUT2D eigenvalue weighted by Crippen LogP contribution is -2.09. The normalized spacial score (nSPS) is 10.7. The summed E-state index contributed by atoms with van der Waals surface area (Å²) in [4.78, 5) is 54.1. The highest BCUT2D eigenvalue weighted by molar-refractivity contribution is 6.02. The molecule has 0 aliphatic heterocycles. The first-order valence-corrected chi connectivity index (χ1v) is 15.2. The molecule has 0 bridgehead atoms. The van der Waals surface area contributed by atoms with Crippen molar-refractivity contribution in [3.63, 3.8) is 0 Å². The summed E-state index contributed by atoms with van der Waals surface area (Å²) in [6.45, 7) is 0. The minimum Gasteiger partial charge on any atom is -0.453 e. The van der Waals surface area contributed by atoms with Crippen molar-refractivity contribution in [3.05, 3.63) is 161 Å². The van der Waals surface area contributed by atoms with Gasteiger partial charge in [0.1, 0.15) is 17.4 Å². The topological polar surface area (TPSA) is 159 Å². The van der Waals surface area contributed by atoms with Gasteiger partial charge in [-0.3, -0.25) is 19.4 Å². The number of nitrogens with one attached hydrogen (secondary N) is 4. The predicted octanol–water partition coefficient (Wildman–Crippen LogP) is 7.47. The molecule has 0 atom stereocenters. The number of benzene rings is 2. The summed E-state index contributed by atoms with van der Waals surface area (Å²) in [6, 6.07) is 29.9. The Bertz CT molecular complexity index is 2510. The van der Waals surface area contributed by atoms with Crippen molar-refractivity contribution in [1.82, 2.24) is 24.9 Å². The zero-order valence-corrected chi connectivity index (χ0v) is 25.8. The standard InChI is InChI=1S/C19H14N4O.C19H13N3O3/c24-19-17-15(8-10-21-19)16(13-5-4-9-20-11-13)12-22-18(17)23-14-6-2-1-3-7-14;23-11-13-6-7-16(25-13)15-10-21-18(22-12-4-2-1-3-5-12)17-14(15)8-9-20-19(17)24/h1-12H,(H,21,24)(H,22,23);1-11H,(H,20,24)(H,21,22). The second kappa shape index (κ2) is 13.7. The van der Waals surface area contributed by atoms with Crippen LogP contribution in [0, 0.1) is 0 Å². The Morgan fingerprint density at radius 2 is 1.18 bits per heavy atom. The molecule has 11 nitrogen and oxygen atoms in total. The van der Waals surface area contributed by atoms with Crippen molar-refractivity contribution in [2.24, 2.45) is 0 Å². The van der Waals surface area contributed by atoms with Crippen LogP contribution in [0.3, 0.4) is 0 Å². The first kappa shape index (κ1) is 30.5. The summed E-state index contributed by atoms with van der Waals surface area (Å²) in [7, 11) is 0. The van der Waals surface area contributed by atoms with Gasteiger partial charge in [0.25, 0.3) is 11.1 Å². The molecule has 0 fully saturated rings. The highest BCUT2D eigenvalue weighted by Gasteiger charge is 2.15. The molecule has 6 aromatic heterocycles. The lowest BCUT2D eigenvalue weighted by Gasteiger charge is -2.11. The average Bonchev–Trinajstić information content (AvgIpc) is 3.63. The lowest BCUT2D eigenvalue weighted by atomic mass is 10.0. The monoisotopic (exact) mass is 645 g/mol. The first-order valence-electron chi connectivity index (χ1n) is 15.2. The van der Waals surface area contributed by atoms with Crippen LogP contribution in [0.5, 0.6) is 0 Å². The smallest absolute Gasteiger partial charge is 0.259 e. The molecule has 6 heterocycles. The van der Waals surface area contributed by atoms with E-state index in [0.717, 1.165) is 27.9 Å². The van der Waals surface area contributed by atoms with E-state index in [1.807, 2.05) is 78.9 Å². The van der Waals surface area contributed by atoms with Gasteiger partial charge in [-0.1, -0.05) is 42.5 Å². The highest BCUT2D eigenvalue weighted by atomic mass is 16.3. The van der Waals surface area contributed by atoms with Crippen molar-refractivity contribution in [3.8, 4) is 22.5 Å². The number of pyridine rings is 5. The largest absolute Gasteiger partial charge is 0.453 e. The number of para-hydroxylation sites is 2. The Morgan fingerprint density at radius 3 is 1.71 bits per heavy atom. The van der Waals surface area contributed by atoms with Gasteiger partial charge in [0, 0.05) is 76.0 Å². The zero-order valence-electron chi connectivity index (χ0n) is 25.8. The van der Waals surface area contributed by atoms with E-state index in [1.54, 1.807) is 55.4 Å². The molecule has 0 radical (unpaired) electrons. The molecule has 238 valence electrons. The molecular formula is C38H27N7O4. The van der Waals surface area contributed by atoms with Crippen LogP contribution < -0.4 is 21.8 Å². The quantitative estimate of drug-likeness (QED) is 0.129. The Morgan fingerprint density at radius 1 is 0.612 bits per heavy atom. The Hall–Kier alpha value is -7.14.